The second kappa shape index (κ2) is 41.3. The quantitative estimate of drug-likeness (QED) is 0.173. The molecule has 0 amide bonds. The van der Waals surface area contributed by atoms with Crippen molar-refractivity contribution in [3.63, 3.8) is 0 Å². The number of aromatic nitrogens is 7. The third-order valence-corrected chi connectivity index (χ3v) is 15.9. The van der Waals surface area contributed by atoms with E-state index in [1.165, 1.54) is 98.5 Å². The number of pyridine rings is 6. The molecule has 8 heterocycles. The van der Waals surface area contributed by atoms with E-state index in [9.17, 15) is 0 Å². The highest BCUT2D eigenvalue weighted by molar-refractivity contribution is 7.07. The van der Waals surface area contributed by atoms with E-state index >= 15 is 0 Å². The van der Waals surface area contributed by atoms with E-state index in [-0.39, 0.29) is 0 Å². The Morgan fingerprint density at radius 2 is 0.937 bits per heavy atom. The van der Waals surface area contributed by atoms with Crippen LogP contribution in [0.2, 0.25) is 0 Å². The summed E-state index contributed by atoms with van der Waals surface area (Å²) in [7, 11) is 0. The van der Waals surface area contributed by atoms with Gasteiger partial charge < -0.3 is 0 Å². The highest BCUT2D eigenvalue weighted by atomic mass is 32.1. The normalized spacial score (nSPS) is 12.7. The SMILES string of the molecule is C1=CCC=C1.C1=Cc2ccccc2C1.C1=Cc2cccnc2C1.C1=NCC=C1c1ccccc1.c1cc(-c2cscn2)ccn1.c1cc(C2CCCCC2)ccn1.c1ccc(-c2ccccc2)cc1.c1ccc2cnccc2c1.c1ccc2ncccc2c1.c1ccncc1. The van der Waals surface area contributed by atoms with Crippen molar-refractivity contribution in [1.29, 1.82) is 0 Å². The molecule has 0 saturated heterocycles. The number of aliphatic imine (C=N–C) groups is 1. The van der Waals surface area contributed by atoms with Crippen LogP contribution in [0, 0.1) is 0 Å². The molecule has 0 bridgehead atoms. The Morgan fingerprint density at radius 3 is 1.54 bits per heavy atom. The van der Waals surface area contributed by atoms with Gasteiger partial charge in [0.25, 0.3) is 0 Å². The first-order valence-corrected chi connectivity index (χ1v) is 33.3. The lowest BCUT2D eigenvalue weighted by Gasteiger charge is -2.21. The van der Waals surface area contributed by atoms with Crippen molar-refractivity contribution in [1.82, 2.24) is 34.9 Å². The fourth-order valence-corrected chi connectivity index (χ4v) is 11.0. The number of hydrogen-bond acceptors (Lipinski definition) is 9. The van der Waals surface area contributed by atoms with E-state index in [0.717, 1.165) is 48.5 Å². The summed E-state index contributed by atoms with van der Waals surface area (Å²) in [5.74, 6) is 0.821. The zero-order valence-corrected chi connectivity index (χ0v) is 54.5. The van der Waals surface area contributed by atoms with Crippen molar-refractivity contribution in [2.24, 2.45) is 4.99 Å². The molecule has 13 aromatic rings. The van der Waals surface area contributed by atoms with Crippen molar-refractivity contribution in [3.05, 3.63) is 385 Å². The average molecular weight is 1260 g/mol. The highest BCUT2D eigenvalue weighted by Crippen LogP contribution is 2.32. The van der Waals surface area contributed by atoms with Crippen LogP contribution >= 0.6 is 11.3 Å². The number of para-hydroxylation sites is 1. The number of thiazole rings is 1. The van der Waals surface area contributed by atoms with Gasteiger partial charge in [0.1, 0.15) is 0 Å². The first-order valence-electron chi connectivity index (χ1n) is 32.4. The Labute approximate surface area is 565 Å². The molecule has 7 aromatic heterocycles. The molecule has 6 aromatic carbocycles. The fourth-order valence-electron chi connectivity index (χ4n) is 10.4. The summed E-state index contributed by atoms with van der Waals surface area (Å²) in [6.45, 7) is 0.838. The number of nitrogens with zero attached hydrogens (tertiary/aromatic N) is 8. The monoisotopic (exact) mass is 1260 g/mol. The van der Waals surface area contributed by atoms with Crippen LogP contribution in [0.4, 0.5) is 0 Å². The lowest BCUT2D eigenvalue weighted by Crippen LogP contribution is -2.03. The van der Waals surface area contributed by atoms with Gasteiger partial charge in [-0.25, -0.2) is 4.98 Å². The Balaban J connectivity index is 0.000000125. The maximum atomic E-state index is 4.20. The molecule has 1 aliphatic heterocycles. The second-order valence-electron chi connectivity index (χ2n) is 22.0. The maximum Gasteiger partial charge on any atom is 0.0812 e. The van der Waals surface area contributed by atoms with Crippen LogP contribution in [-0.2, 0) is 12.8 Å². The minimum atomic E-state index is 0.821. The van der Waals surface area contributed by atoms with Crippen LogP contribution in [0.15, 0.2) is 357 Å². The summed E-state index contributed by atoms with van der Waals surface area (Å²) in [6, 6.07) is 79.9. The number of allylic oxidation sites excluding steroid dienone is 7. The van der Waals surface area contributed by atoms with Gasteiger partial charge in [0.05, 0.1) is 29.0 Å². The maximum absolute atomic E-state index is 4.20. The molecular weight excluding hydrogens is 1180 g/mol. The molecule has 9 heteroatoms. The molecule has 18 rings (SSSR count). The third-order valence-electron chi connectivity index (χ3n) is 15.3. The Bertz CT molecular complexity index is 4050. The first-order chi connectivity index (χ1) is 47.2. The average Bonchev–Trinajstić information content (AvgIpc) is 3.22. The fraction of sp³-hybridized carbons (Fsp3) is 0.116. The van der Waals surface area contributed by atoms with Crippen molar-refractivity contribution in [2.45, 2.75) is 57.3 Å². The molecule has 470 valence electrons. The van der Waals surface area contributed by atoms with Crippen LogP contribution in [0.5, 0.6) is 0 Å². The smallest absolute Gasteiger partial charge is 0.0812 e. The number of benzene rings is 6. The summed E-state index contributed by atoms with van der Waals surface area (Å²) in [5, 5.41) is 5.67. The van der Waals surface area contributed by atoms with Gasteiger partial charge in [0, 0.05) is 90.9 Å². The van der Waals surface area contributed by atoms with Gasteiger partial charge in [-0.05, 0) is 148 Å². The van der Waals surface area contributed by atoms with Gasteiger partial charge in [-0.15, -0.1) is 11.3 Å². The zero-order chi connectivity index (χ0) is 65.1. The molecule has 5 aliphatic rings. The predicted octanol–water partition coefficient (Wildman–Crippen LogP) is 21.8. The summed E-state index contributed by atoms with van der Waals surface area (Å²) >= 11 is 1.60. The molecule has 0 atom stereocenters. The predicted molar refractivity (Wildman–Crippen MR) is 402 cm³/mol. The van der Waals surface area contributed by atoms with E-state index in [4.69, 9.17) is 0 Å². The van der Waals surface area contributed by atoms with Gasteiger partial charge in [-0.1, -0.05) is 250 Å². The van der Waals surface area contributed by atoms with Crippen molar-refractivity contribution < 1.29 is 0 Å². The van der Waals surface area contributed by atoms with Crippen LogP contribution in [0.25, 0.3) is 61.8 Å². The lowest BCUT2D eigenvalue weighted by atomic mass is 9.85. The summed E-state index contributed by atoms with van der Waals surface area (Å²) < 4.78 is 0. The van der Waals surface area contributed by atoms with Crippen LogP contribution in [0.1, 0.15) is 78.0 Å². The van der Waals surface area contributed by atoms with Crippen molar-refractivity contribution >= 4 is 57.0 Å². The highest BCUT2D eigenvalue weighted by Gasteiger charge is 2.14. The largest absolute Gasteiger partial charge is 0.288 e. The molecule has 8 nitrogen and oxygen atoms in total. The number of fused-ring (bicyclic) bond motifs is 4. The van der Waals surface area contributed by atoms with Crippen LogP contribution < -0.4 is 0 Å². The molecule has 0 radical (unpaired) electrons. The summed E-state index contributed by atoms with van der Waals surface area (Å²) in [6.07, 6.45) is 49.5. The molecule has 0 unspecified atom stereocenters. The van der Waals surface area contributed by atoms with Gasteiger partial charge >= 0.3 is 0 Å². The summed E-state index contributed by atoms with van der Waals surface area (Å²) in [5.41, 5.74) is 16.9. The summed E-state index contributed by atoms with van der Waals surface area (Å²) in [4.78, 5) is 32.4. The van der Waals surface area contributed by atoms with E-state index in [2.05, 4.69) is 222 Å². The molecule has 1 fully saturated rings. The number of rotatable bonds is 4. The van der Waals surface area contributed by atoms with E-state index in [1.54, 1.807) is 36.1 Å². The second-order valence-corrected chi connectivity index (χ2v) is 22.7. The Hall–Kier alpha value is -11.3. The van der Waals surface area contributed by atoms with Gasteiger partial charge in [-0.2, -0.15) is 0 Å². The van der Waals surface area contributed by atoms with Crippen LogP contribution in [-0.4, -0.2) is 47.6 Å². The van der Waals surface area contributed by atoms with Crippen molar-refractivity contribution in [3.8, 4) is 22.4 Å². The standard InChI is InChI=1S/C12H10.C11H15N.C10H9N.2C9H7N.C9H8.C8H6N2S.C8H7N.C5H5N.C5H6/c1-3-7-11(8-4-1)12-9-5-2-6-10-12;1-2-4-10(5-3-1)11-6-8-12-9-7-11;1-2-4-9(5-3-1)10-6-7-11-8-10;1-2-6-9-8(4-1)5-3-7-10-9;1-2-4-9-7-10-6-5-8(9)3-1;1-2-5-9-7-3-6-8(9)4-1;1-3-9-4-2-7(1)8-5-11-6-10-8;1-3-7-4-2-6-9-8(7)5-1;1-2-4-6-5-3-1;1-2-4-5-3-1/h1-10H;6-10H,1-5H2;1-6,8H,7H2;2*1-7H;1-6H,7H2;1-6H;1-4,6H,5H2;1-5H;1-4H,5H2. The lowest BCUT2D eigenvalue weighted by molar-refractivity contribution is 0.443. The van der Waals surface area contributed by atoms with Crippen molar-refractivity contribution in [2.75, 3.05) is 6.54 Å². The van der Waals surface area contributed by atoms with E-state index in [1.807, 2.05) is 163 Å². The van der Waals surface area contributed by atoms with Gasteiger partial charge in [0.15, 0.2) is 0 Å². The first kappa shape index (κ1) is 68.1. The van der Waals surface area contributed by atoms with E-state index < -0.39 is 0 Å². The molecule has 4 aliphatic carbocycles. The topological polar surface area (TPSA) is 103 Å². The molecular formula is C86H80N8S. The van der Waals surface area contributed by atoms with Gasteiger partial charge in [-0.3, -0.25) is 34.9 Å². The Morgan fingerprint density at radius 1 is 0.379 bits per heavy atom. The van der Waals surface area contributed by atoms with Crippen LogP contribution in [0.3, 0.4) is 0 Å². The minimum absolute atomic E-state index is 0.821. The van der Waals surface area contributed by atoms with Gasteiger partial charge in [0.2, 0.25) is 0 Å². The molecule has 1 saturated carbocycles. The zero-order valence-electron chi connectivity index (χ0n) is 53.6. The molecule has 95 heavy (non-hydrogen) atoms. The Kier molecular flexibility index (Phi) is 29.6. The number of hydrogen-bond donors (Lipinski definition) is 0. The molecule has 0 spiro atoms. The minimum Gasteiger partial charge on any atom is -0.288 e. The van der Waals surface area contributed by atoms with E-state index in [0.29, 0.717) is 0 Å². The molecule has 0 N–H and O–H groups in total. The third kappa shape index (κ3) is 24.7.